The molecule has 0 aromatic carbocycles. The van der Waals surface area contributed by atoms with Crippen LogP contribution in [0.4, 0.5) is 16.4 Å². The van der Waals surface area contributed by atoms with E-state index in [-0.39, 0.29) is 12.1 Å². The lowest BCUT2D eigenvalue weighted by atomic mass is 10.1. The summed E-state index contributed by atoms with van der Waals surface area (Å²) >= 11 is 0. The molecule has 0 unspecified atom stereocenters. The van der Waals surface area contributed by atoms with E-state index >= 15 is 0 Å². The first-order chi connectivity index (χ1) is 11.2. The van der Waals surface area contributed by atoms with Crippen LogP contribution < -0.4 is 15.5 Å². The molecule has 0 bridgehead atoms. The first kappa shape index (κ1) is 15.1. The second kappa shape index (κ2) is 6.99. The van der Waals surface area contributed by atoms with Gasteiger partial charge in [-0.2, -0.15) is 5.10 Å². The monoisotopic (exact) mass is 313 g/mol. The number of amides is 2. The Balaban J connectivity index is 1.56. The molecule has 2 amide bonds. The molecule has 1 aliphatic heterocycles. The predicted octanol–water partition coefficient (Wildman–Crippen LogP) is 1.37. The van der Waals surface area contributed by atoms with Gasteiger partial charge in [0, 0.05) is 25.3 Å². The maximum absolute atomic E-state index is 12.0. The van der Waals surface area contributed by atoms with Crippen molar-refractivity contribution in [1.82, 2.24) is 25.5 Å². The van der Waals surface area contributed by atoms with E-state index in [4.69, 9.17) is 0 Å². The topological polar surface area (TPSA) is 95.9 Å². The molecule has 1 atom stereocenters. The van der Waals surface area contributed by atoms with Gasteiger partial charge in [-0.15, -0.1) is 5.10 Å². The average molecular weight is 313 g/mol. The van der Waals surface area contributed by atoms with Crippen molar-refractivity contribution < 1.29 is 4.79 Å². The number of nitrogens with one attached hydrogen (secondary N) is 2. The molecular weight excluding hydrogens is 294 g/mol. The number of rotatable bonds is 3. The molecule has 3 heterocycles. The van der Waals surface area contributed by atoms with Crippen LogP contribution in [0, 0.1) is 6.92 Å². The van der Waals surface area contributed by atoms with Crippen molar-refractivity contribution in [3.05, 3.63) is 36.4 Å². The van der Waals surface area contributed by atoms with Crippen LogP contribution in [0.2, 0.25) is 0 Å². The number of aromatic nitrogens is 4. The van der Waals surface area contributed by atoms with Gasteiger partial charge in [0.25, 0.3) is 0 Å². The molecular formula is C15H19N7O. The Bertz CT molecular complexity index is 647. The smallest absolute Gasteiger partial charge is 0.320 e. The van der Waals surface area contributed by atoms with Gasteiger partial charge in [-0.1, -0.05) is 0 Å². The molecule has 1 fully saturated rings. The van der Waals surface area contributed by atoms with Crippen LogP contribution >= 0.6 is 0 Å². The Kier molecular flexibility index (Phi) is 4.60. The van der Waals surface area contributed by atoms with Crippen LogP contribution in [-0.4, -0.2) is 45.3 Å². The molecule has 1 saturated heterocycles. The van der Waals surface area contributed by atoms with Crippen LogP contribution in [0.3, 0.4) is 0 Å². The van der Waals surface area contributed by atoms with E-state index < -0.39 is 0 Å². The molecule has 3 rings (SSSR count). The molecule has 120 valence electrons. The largest absolute Gasteiger partial charge is 0.353 e. The second-order valence-electron chi connectivity index (χ2n) is 5.51. The van der Waals surface area contributed by atoms with E-state index in [1.54, 1.807) is 12.3 Å². The van der Waals surface area contributed by atoms with Crippen LogP contribution in [0.25, 0.3) is 0 Å². The van der Waals surface area contributed by atoms with E-state index in [9.17, 15) is 4.79 Å². The van der Waals surface area contributed by atoms with E-state index in [1.807, 2.05) is 19.1 Å². The standard InChI is InChI=1S/C15H19N7O/c1-11-4-5-14(21-20-11)22-8-2-3-12(9-22)18-15(23)19-13-6-7-16-10-17-13/h4-7,10,12H,2-3,8-9H2,1H3,(H2,16,17,18,19,23)/t12-/m0/s1. The van der Waals surface area contributed by atoms with Crippen molar-refractivity contribution in [2.45, 2.75) is 25.8 Å². The minimum Gasteiger partial charge on any atom is -0.353 e. The van der Waals surface area contributed by atoms with E-state index in [0.717, 1.165) is 37.4 Å². The Morgan fingerprint density at radius 3 is 2.96 bits per heavy atom. The maximum atomic E-state index is 12.0. The van der Waals surface area contributed by atoms with Crippen molar-refractivity contribution in [2.75, 3.05) is 23.3 Å². The highest BCUT2D eigenvalue weighted by atomic mass is 16.2. The summed E-state index contributed by atoms with van der Waals surface area (Å²) in [6, 6.07) is 5.36. The van der Waals surface area contributed by atoms with Gasteiger partial charge in [-0.3, -0.25) is 5.32 Å². The Morgan fingerprint density at radius 1 is 1.30 bits per heavy atom. The van der Waals surface area contributed by atoms with Gasteiger partial charge in [0.15, 0.2) is 5.82 Å². The van der Waals surface area contributed by atoms with E-state index in [0.29, 0.717) is 5.82 Å². The van der Waals surface area contributed by atoms with Gasteiger partial charge in [-0.25, -0.2) is 14.8 Å². The molecule has 0 aliphatic carbocycles. The summed E-state index contributed by atoms with van der Waals surface area (Å²) in [7, 11) is 0. The molecule has 1 aliphatic rings. The molecule has 0 radical (unpaired) electrons. The molecule has 23 heavy (non-hydrogen) atoms. The van der Waals surface area contributed by atoms with Crippen LogP contribution in [-0.2, 0) is 0 Å². The fourth-order valence-corrected chi connectivity index (χ4v) is 2.57. The highest BCUT2D eigenvalue weighted by Crippen LogP contribution is 2.17. The molecule has 2 aromatic rings. The van der Waals surface area contributed by atoms with Crippen molar-refractivity contribution in [1.29, 1.82) is 0 Å². The number of carbonyl (C=O) groups is 1. The van der Waals surface area contributed by atoms with Crippen molar-refractivity contribution >= 4 is 17.7 Å². The van der Waals surface area contributed by atoms with Gasteiger partial charge in [-0.05, 0) is 38.0 Å². The van der Waals surface area contributed by atoms with Gasteiger partial charge in [0.1, 0.15) is 12.1 Å². The number of hydrogen-bond acceptors (Lipinski definition) is 6. The summed E-state index contributed by atoms with van der Waals surface area (Å²) in [5.41, 5.74) is 0.893. The van der Waals surface area contributed by atoms with Crippen LogP contribution in [0.1, 0.15) is 18.5 Å². The highest BCUT2D eigenvalue weighted by molar-refractivity contribution is 5.88. The fraction of sp³-hybridized carbons (Fsp3) is 0.400. The molecule has 0 spiro atoms. The predicted molar refractivity (Wildman–Crippen MR) is 86.2 cm³/mol. The first-order valence-corrected chi connectivity index (χ1v) is 7.59. The lowest BCUT2D eigenvalue weighted by Gasteiger charge is -2.33. The number of anilines is 2. The number of hydrogen-bond donors (Lipinski definition) is 2. The summed E-state index contributed by atoms with van der Waals surface area (Å²) < 4.78 is 0. The zero-order chi connectivity index (χ0) is 16.1. The van der Waals surface area contributed by atoms with Gasteiger partial charge < -0.3 is 10.2 Å². The third-order valence-electron chi connectivity index (χ3n) is 3.69. The van der Waals surface area contributed by atoms with E-state index in [1.165, 1.54) is 6.33 Å². The minimum atomic E-state index is -0.259. The third kappa shape index (κ3) is 4.12. The number of piperidine rings is 1. The average Bonchev–Trinajstić information content (AvgIpc) is 2.56. The normalized spacial score (nSPS) is 17.6. The highest BCUT2D eigenvalue weighted by Gasteiger charge is 2.22. The molecule has 2 aromatic heterocycles. The molecule has 2 N–H and O–H groups in total. The number of aryl methyl sites for hydroxylation is 1. The fourth-order valence-electron chi connectivity index (χ4n) is 2.57. The lowest BCUT2D eigenvalue weighted by molar-refractivity contribution is 0.246. The zero-order valence-electron chi connectivity index (χ0n) is 12.9. The lowest BCUT2D eigenvalue weighted by Crippen LogP contribution is -2.49. The van der Waals surface area contributed by atoms with Crippen LogP contribution in [0.15, 0.2) is 30.7 Å². The number of urea groups is 1. The Morgan fingerprint density at radius 2 is 2.22 bits per heavy atom. The van der Waals surface area contributed by atoms with Gasteiger partial charge in [0.05, 0.1) is 5.69 Å². The third-order valence-corrected chi connectivity index (χ3v) is 3.69. The van der Waals surface area contributed by atoms with E-state index in [2.05, 4.69) is 35.7 Å². The first-order valence-electron chi connectivity index (χ1n) is 7.59. The van der Waals surface area contributed by atoms with Crippen molar-refractivity contribution in [3.63, 3.8) is 0 Å². The van der Waals surface area contributed by atoms with Crippen LogP contribution in [0.5, 0.6) is 0 Å². The second-order valence-corrected chi connectivity index (χ2v) is 5.51. The van der Waals surface area contributed by atoms with Crippen molar-refractivity contribution in [3.8, 4) is 0 Å². The molecule has 8 heteroatoms. The summed E-state index contributed by atoms with van der Waals surface area (Å²) in [6.07, 6.45) is 4.91. The number of nitrogens with zero attached hydrogens (tertiary/aromatic N) is 5. The summed E-state index contributed by atoms with van der Waals surface area (Å²) in [5, 5.41) is 14.0. The van der Waals surface area contributed by atoms with Gasteiger partial charge in [0.2, 0.25) is 0 Å². The SMILES string of the molecule is Cc1ccc(N2CCC[C@H](NC(=O)Nc3ccncn3)C2)nn1. The quantitative estimate of drug-likeness (QED) is 0.888. The summed E-state index contributed by atoms with van der Waals surface area (Å²) in [6.45, 7) is 3.55. The molecule has 0 saturated carbocycles. The number of carbonyl (C=O) groups excluding carboxylic acids is 1. The maximum Gasteiger partial charge on any atom is 0.320 e. The minimum absolute atomic E-state index is 0.0636. The zero-order valence-corrected chi connectivity index (χ0v) is 12.9. The summed E-state index contributed by atoms with van der Waals surface area (Å²) in [4.78, 5) is 22.0. The Labute approximate surface area is 134 Å². The van der Waals surface area contributed by atoms with Gasteiger partial charge >= 0.3 is 6.03 Å². The van der Waals surface area contributed by atoms with Crippen molar-refractivity contribution in [2.24, 2.45) is 0 Å². The Hall–Kier alpha value is -2.77. The molecule has 8 nitrogen and oxygen atoms in total. The summed E-state index contributed by atoms with van der Waals surface area (Å²) in [5.74, 6) is 1.33.